The van der Waals surface area contributed by atoms with Crippen LogP contribution in [0.4, 0.5) is 0 Å². The average Bonchev–Trinajstić information content (AvgIpc) is 3.04. The van der Waals surface area contributed by atoms with Gasteiger partial charge in [0, 0.05) is 35.2 Å². The molecule has 3 aromatic rings. The first-order valence-corrected chi connectivity index (χ1v) is 11.9. The second kappa shape index (κ2) is 11.4. The molecule has 0 saturated carbocycles. The van der Waals surface area contributed by atoms with E-state index in [1.165, 1.54) is 23.7 Å². The highest BCUT2D eigenvalue weighted by Crippen LogP contribution is 2.36. The lowest BCUT2D eigenvalue weighted by Gasteiger charge is -2.18. The van der Waals surface area contributed by atoms with E-state index in [0.29, 0.717) is 28.1 Å². The lowest BCUT2D eigenvalue weighted by atomic mass is 10.1. The van der Waals surface area contributed by atoms with Gasteiger partial charge in [-0.15, -0.1) is 3.96 Å². The summed E-state index contributed by atoms with van der Waals surface area (Å²) >= 11 is 0. The summed E-state index contributed by atoms with van der Waals surface area (Å²) in [6.45, 7) is 2.30. The fourth-order valence-corrected chi connectivity index (χ4v) is 5.20. The van der Waals surface area contributed by atoms with Crippen molar-refractivity contribution < 1.29 is 18.8 Å². The predicted octanol–water partition coefficient (Wildman–Crippen LogP) is 4.45. The van der Waals surface area contributed by atoms with Crippen LogP contribution in [0.3, 0.4) is 0 Å². The first-order chi connectivity index (χ1) is 15.5. The molecule has 7 nitrogen and oxygen atoms in total. The second-order valence-electron chi connectivity index (χ2n) is 7.82. The van der Waals surface area contributed by atoms with Crippen LogP contribution >= 0.6 is 10.9 Å². The number of unbranched alkanes of at least 4 members (excludes halogenated alkanes) is 3. The number of rotatable bonds is 12. The quantitative estimate of drug-likeness (QED) is 0.294. The van der Waals surface area contributed by atoms with Gasteiger partial charge in [0.15, 0.2) is 11.5 Å². The Morgan fingerprint density at radius 1 is 0.938 bits per heavy atom. The van der Waals surface area contributed by atoms with Gasteiger partial charge < -0.3 is 23.7 Å². The number of hydrogen-bond donors (Lipinski definition) is 0. The summed E-state index contributed by atoms with van der Waals surface area (Å²) < 4.78 is 30.7. The third-order valence-corrected chi connectivity index (χ3v) is 7.08. The summed E-state index contributed by atoms with van der Waals surface area (Å²) in [5.41, 5.74) is 0.969. The maximum atomic E-state index is 12.8. The monoisotopic (exact) mass is 460 g/mol. The van der Waals surface area contributed by atoms with Gasteiger partial charge in [0.2, 0.25) is 4.70 Å². The molecule has 0 aliphatic heterocycles. The van der Waals surface area contributed by atoms with Crippen molar-refractivity contribution in [1.82, 2.24) is 8.86 Å². The van der Waals surface area contributed by atoms with Gasteiger partial charge in [0.1, 0.15) is 11.1 Å². The maximum Gasteiger partial charge on any atom is 0.304 e. The van der Waals surface area contributed by atoms with Crippen LogP contribution in [0.5, 0.6) is 17.2 Å². The smallest absolute Gasteiger partial charge is 0.304 e. The molecule has 0 radical (unpaired) electrons. The number of hydrogen-bond acceptors (Lipinski definition) is 6. The van der Waals surface area contributed by atoms with E-state index in [-0.39, 0.29) is 5.56 Å². The molecule has 0 fully saturated rings. The van der Waals surface area contributed by atoms with Gasteiger partial charge in [-0.1, -0.05) is 31.0 Å². The van der Waals surface area contributed by atoms with Gasteiger partial charge >= 0.3 is 5.56 Å². The molecule has 8 heteroatoms. The van der Waals surface area contributed by atoms with Crippen LogP contribution in [0.25, 0.3) is 10.1 Å². The Labute approximate surface area is 192 Å². The van der Waals surface area contributed by atoms with E-state index in [0.717, 1.165) is 44.5 Å². The molecule has 0 aliphatic rings. The van der Waals surface area contributed by atoms with E-state index in [2.05, 4.69) is 18.0 Å². The van der Waals surface area contributed by atoms with E-state index in [9.17, 15) is 9.35 Å². The number of benzene rings is 2. The first-order valence-electron chi connectivity index (χ1n) is 10.8. The molecule has 0 bridgehead atoms. The van der Waals surface area contributed by atoms with Gasteiger partial charge in [0.25, 0.3) is 0 Å². The largest absolute Gasteiger partial charge is 0.570 e. The van der Waals surface area contributed by atoms with Gasteiger partial charge in [-0.05, 0) is 32.5 Å². The topological polar surface area (TPSA) is 76.0 Å². The average molecular weight is 461 g/mol. The summed E-state index contributed by atoms with van der Waals surface area (Å²) in [6, 6.07) is 11.3. The van der Waals surface area contributed by atoms with E-state index < -0.39 is 10.9 Å². The minimum atomic E-state index is -1.50. The molecule has 3 rings (SSSR count). The van der Waals surface area contributed by atoms with Crippen LogP contribution in [-0.4, -0.2) is 48.3 Å². The lowest BCUT2D eigenvalue weighted by molar-refractivity contribution is 0.308. The van der Waals surface area contributed by atoms with Crippen LogP contribution in [0.15, 0.2) is 41.2 Å². The summed E-state index contributed by atoms with van der Waals surface area (Å²) in [5, 5.41) is 0.430. The minimum Gasteiger partial charge on any atom is -0.570 e. The molecule has 0 N–H and O–H groups in total. The van der Waals surface area contributed by atoms with E-state index in [1.54, 1.807) is 19.2 Å². The molecule has 1 heterocycles. The fourth-order valence-electron chi connectivity index (χ4n) is 3.88. The lowest BCUT2D eigenvalue weighted by Crippen LogP contribution is -2.19. The second-order valence-corrected chi connectivity index (χ2v) is 9.20. The summed E-state index contributed by atoms with van der Waals surface area (Å²) in [7, 11) is 5.35. The molecule has 0 saturated heterocycles. The van der Waals surface area contributed by atoms with Crippen LogP contribution < -0.4 is 19.8 Å². The third kappa shape index (κ3) is 5.43. The number of fused-ring (bicyclic) bond motifs is 1. The van der Waals surface area contributed by atoms with Crippen molar-refractivity contribution in [1.29, 1.82) is 0 Å². The highest BCUT2D eigenvalue weighted by molar-refractivity contribution is 7.26. The maximum absolute atomic E-state index is 12.8. The van der Waals surface area contributed by atoms with E-state index in [1.807, 2.05) is 18.2 Å². The molecule has 32 heavy (non-hydrogen) atoms. The molecule has 0 spiro atoms. The van der Waals surface area contributed by atoms with E-state index >= 15 is 0 Å². The number of nitrogens with zero attached hydrogens (tertiary/aromatic N) is 2. The number of methoxy groups -OCH3 is 3. The third-order valence-electron chi connectivity index (χ3n) is 5.61. The van der Waals surface area contributed by atoms with Gasteiger partial charge in [-0.25, -0.2) is 0 Å². The Hall–Kier alpha value is -2.55. The number of ether oxygens (including phenoxy) is 3. The van der Waals surface area contributed by atoms with Crippen molar-refractivity contribution >= 4 is 21.0 Å². The SMILES string of the molecule is COc1ccccc1CN(C)CCCCCCn1c(=O)c2cc(OC)c(OC)cc2[s+]1[O-]. The molecule has 0 amide bonds. The van der Waals surface area contributed by atoms with E-state index in [4.69, 9.17) is 14.2 Å². The molecule has 1 unspecified atom stereocenters. The molecule has 1 aromatic heterocycles. The predicted molar refractivity (Wildman–Crippen MR) is 128 cm³/mol. The summed E-state index contributed by atoms with van der Waals surface area (Å²) in [4.78, 5) is 15.0. The zero-order valence-corrected chi connectivity index (χ0v) is 20.1. The van der Waals surface area contributed by atoms with Crippen LogP contribution in [0.1, 0.15) is 31.2 Å². The molecule has 2 aromatic carbocycles. The van der Waals surface area contributed by atoms with Crippen LogP contribution in [-0.2, 0) is 13.1 Å². The van der Waals surface area contributed by atoms with Crippen molar-refractivity contribution in [3.05, 3.63) is 52.3 Å². The zero-order chi connectivity index (χ0) is 23.1. The Kier molecular flexibility index (Phi) is 8.55. The number of aromatic nitrogens is 1. The zero-order valence-electron chi connectivity index (χ0n) is 19.3. The van der Waals surface area contributed by atoms with Crippen molar-refractivity contribution in [3.8, 4) is 17.2 Å². The Balaban J connectivity index is 1.49. The Bertz CT molecular complexity index is 1090. The summed E-state index contributed by atoms with van der Waals surface area (Å²) in [5.74, 6) is 1.86. The minimum absolute atomic E-state index is 0.212. The van der Waals surface area contributed by atoms with Gasteiger partial charge in [-0.2, -0.15) is 0 Å². The Morgan fingerprint density at radius 2 is 1.59 bits per heavy atom. The first kappa shape index (κ1) is 24.1. The normalized spacial score (nSPS) is 11.9. The van der Waals surface area contributed by atoms with Crippen molar-refractivity contribution in [3.63, 3.8) is 0 Å². The van der Waals surface area contributed by atoms with Crippen molar-refractivity contribution in [2.45, 2.75) is 38.8 Å². The highest BCUT2D eigenvalue weighted by atomic mass is 32.2. The Morgan fingerprint density at radius 3 is 2.31 bits per heavy atom. The van der Waals surface area contributed by atoms with Gasteiger partial charge in [-0.3, -0.25) is 4.79 Å². The van der Waals surface area contributed by atoms with Crippen LogP contribution in [0.2, 0.25) is 0 Å². The van der Waals surface area contributed by atoms with Crippen molar-refractivity contribution in [2.24, 2.45) is 0 Å². The molecule has 1 atom stereocenters. The standard InChI is InChI=1S/C24H32N2O5S/c1-25(17-18-11-7-8-12-20(18)29-2)13-9-5-6-10-14-26-24(27)19-15-21(30-3)22(31-4)16-23(19)32(26)28/h7-8,11-12,15-16H,5-6,9-10,13-14,17H2,1-4H3. The fraction of sp³-hybridized carbons (Fsp3) is 0.458. The molecule has 174 valence electrons. The molecule has 0 aliphatic carbocycles. The number of para-hydroxylation sites is 1. The van der Waals surface area contributed by atoms with Crippen LogP contribution in [0, 0.1) is 0 Å². The van der Waals surface area contributed by atoms with Crippen molar-refractivity contribution in [2.75, 3.05) is 34.9 Å². The molecular weight excluding hydrogens is 428 g/mol. The summed E-state index contributed by atoms with van der Waals surface area (Å²) in [6.07, 6.45) is 3.92. The molecular formula is C24H32N2O5S. The highest BCUT2D eigenvalue weighted by Gasteiger charge is 2.21. The van der Waals surface area contributed by atoms with Gasteiger partial charge in [0.05, 0.1) is 27.9 Å².